The number of nitrogens with two attached hydrogens (primary N) is 1. The minimum Gasteiger partial charge on any atom is -0.481 e. The van der Waals surface area contributed by atoms with Gasteiger partial charge >= 0.3 is 5.97 Å². The molecule has 2 atom stereocenters. The minimum atomic E-state index is -0.927. The lowest BCUT2D eigenvalue weighted by Crippen LogP contribution is -2.52. The van der Waals surface area contributed by atoms with Crippen LogP contribution < -0.4 is 11.1 Å². The largest absolute Gasteiger partial charge is 0.481 e. The van der Waals surface area contributed by atoms with Gasteiger partial charge in [-0.15, -0.1) is 0 Å². The van der Waals surface area contributed by atoms with Crippen molar-refractivity contribution in [3.8, 4) is 0 Å². The Kier molecular flexibility index (Phi) is 5.61. The smallest absolute Gasteiger partial charge is 0.305 e. The number of carboxylic acid groups (broad SMARTS) is 1. The molecule has 0 aromatic carbocycles. The lowest BCUT2D eigenvalue weighted by molar-refractivity contribution is -0.138. The van der Waals surface area contributed by atoms with E-state index >= 15 is 0 Å². The van der Waals surface area contributed by atoms with Gasteiger partial charge in [0.2, 0.25) is 5.91 Å². The maximum Gasteiger partial charge on any atom is 0.305 e. The first kappa shape index (κ1) is 15.9. The van der Waals surface area contributed by atoms with Crippen molar-refractivity contribution in [2.75, 3.05) is 0 Å². The maximum absolute atomic E-state index is 11.8. The molecule has 0 radical (unpaired) electrons. The molecule has 0 aliphatic carbocycles. The van der Waals surface area contributed by atoms with Crippen LogP contribution in [0.5, 0.6) is 0 Å². The van der Waals surface area contributed by atoms with Crippen molar-refractivity contribution in [1.29, 1.82) is 0 Å². The summed E-state index contributed by atoms with van der Waals surface area (Å²) < 4.78 is 0. The molecule has 100 valence electrons. The van der Waals surface area contributed by atoms with Crippen LogP contribution in [0.4, 0.5) is 0 Å². The van der Waals surface area contributed by atoms with Gasteiger partial charge in [-0.25, -0.2) is 0 Å². The van der Waals surface area contributed by atoms with Crippen molar-refractivity contribution >= 4 is 11.9 Å². The first-order valence-electron chi connectivity index (χ1n) is 5.83. The molecule has 5 nitrogen and oxygen atoms in total. The van der Waals surface area contributed by atoms with E-state index in [-0.39, 0.29) is 23.7 Å². The molecule has 0 saturated carbocycles. The van der Waals surface area contributed by atoms with Crippen LogP contribution in [0.3, 0.4) is 0 Å². The number of nitrogens with one attached hydrogen (secondary N) is 1. The van der Waals surface area contributed by atoms with Gasteiger partial charge in [-0.3, -0.25) is 9.59 Å². The van der Waals surface area contributed by atoms with Crippen LogP contribution in [0, 0.1) is 11.3 Å². The molecule has 0 aromatic rings. The highest BCUT2D eigenvalue weighted by Gasteiger charge is 2.30. The summed E-state index contributed by atoms with van der Waals surface area (Å²) in [4.78, 5) is 22.6. The van der Waals surface area contributed by atoms with Crippen LogP contribution >= 0.6 is 0 Å². The van der Waals surface area contributed by atoms with E-state index in [1.54, 1.807) is 0 Å². The van der Waals surface area contributed by atoms with Crippen molar-refractivity contribution in [2.24, 2.45) is 17.1 Å². The third-order valence-electron chi connectivity index (χ3n) is 2.76. The van der Waals surface area contributed by atoms with Crippen LogP contribution in [0.15, 0.2) is 0 Å². The van der Waals surface area contributed by atoms with Crippen molar-refractivity contribution in [1.82, 2.24) is 5.32 Å². The fourth-order valence-electron chi connectivity index (χ4n) is 1.32. The average molecular weight is 244 g/mol. The molecular weight excluding hydrogens is 220 g/mol. The molecule has 0 bridgehead atoms. The van der Waals surface area contributed by atoms with Gasteiger partial charge in [-0.1, -0.05) is 34.6 Å². The highest BCUT2D eigenvalue weighted by Crippen LogP contribution is 2.22. The molecule has 5 heteroatoms. The number of hydrogen-bond donors (Lipinski definition) is 3. The lowest BCUT2D eigenvalue weighted by Gasteiger charge is -2.31. The second-order valence-electron chi connectivity index (χ2n) is 5.79. The minimum absolute atomic E-state index is 0.0282. The molecule has 1 amide bonds. The van der Waals surface area contributed by atoms with Crippen LogP contribution in [-0.4, -0.2) is 29.1 Å². The van der Waals surface area contributed by atoms with Crippen molar-refractivity contribution < 1.29 is 14.7 Å². The van der Waals surface area contributed by atoms with E-state index < -0.39 is 18.1 Å². The number of carbonyl (C=O) groups excluding carboxylic acids is 1. The Labute approximate surface area is 103 Å². The molecule has 4 N–H and O–H groups in total. The quantitative estimate of drug-likeness (QED) is 0.672. The van der Waals surface area contributed by atoms with E-state index in [4.69, 9.17) is 10.8 Å². The van der Waals surface area contributed by atoms with Crippen molar-refractivity contribution in [3.63, 3.8) is 0 Å². The Hall–Kier alpha value is -1.10. The second kappa shape index (κ2) is 6.00. The molecule has 0 rings (SSSR count). The van der Waals surface area contributed by atoms with E-state index in [1.807, 2.05) is 34.6 Å². The Morgan fingerprint density at radius 1 is 1.29 bits per heavy atom. The van der Waals surface area contributed by atoms with Crippen LogP contribution in [0.1, 0.15) is 41.0 Å². The third-order valence-corrected chi connectivity index (χ3v) is 2.76. The zero-order valence-corrected chi connectivity index (χ0v) is 11.3. The zero-order valence-electron chi connectivity index (χ0n) is 11.3. The van der Waals surface area contributed by atoms with E-state index in [0.29, 0.717) is 0 Å². The summed E-state index contributed by atoms with van der Waals surface area (Å²) in [5.41, 5.74) is 5.41. The molecule has 17 heavy (non-hydrogen) atoms. The second-order valence-corrected chi connectivity index (χ2v) is 5.79. The van der Waals surface area contributed by atoms with Gasteiger partial charge in [0, 0.05) is 6.04 Å². The molecular formula is C12H24N2O3. The molecule has 0 aliphatic rings. The number of rotatable bonds is 5. The van der Waals surface area contributed by atoms with Gasteiger partial charge < -0.3 is 16.2 Å². The van der Waals surface area contributed by atoms with E-state index in [9.17, 15) is 9.59 Å². The third kappa shape index (κ3) is 5.68. The summed E-state index contributed by atoms with van der Waals surface area (Å²) in [5, 5.41) is 11.5. The van der Waals surface area contributed by atoms with Crippen LogP contribution in [0.2, 0.25) is 0 Å². The standard InChI is InChI=1S/C12H24N2O3/c1-7(2)10(13)11(17)14-8(6-9(15)16)12(3,4)5/h7-8,10H,6,13H2,1-5H3,(H,14,17)(H,15,16)/t8?,10-/m1/s1. The Bertz CT molecular complexity index is 282. The predicted octanol–water partition coefficient (Wildman–Crippen LogP) is 0.975. The summed E-state index contributed by atoms with van der Waals surface area (Å²) in [6.07, 6.45) is -0.0972. The predicted molar refractivity (Wildman–Crippen MR) is 66.5 cm³/mol. The highest BCUT2D eigenvalue weighted by molar-refractivity contribution is 5.82. The SMILES string of the molecule is CC(C)[C@@H](N)C(=O)NC(CC(=O)O)C(C)(C)C. The van der Waals surface area contributed by atoms with E-state index in [0.717, 1.165) is 0 Å². The monoisotopic (exact) mass is 244 g/mol. The number of hydrogen-bond acceptors (Lipinski definition) is 3. The summed E-state index contributed by atoms with van der Waals surface area (Å²) >= 11 is 0. The first-order chi connectivity index (χ1) is 7.55. The molecule has 1 unspecified atom stereocenters. The molecule has 0 saturated heterocycles. The summed E-state index contributed by atoms with van der Waals surface area (Å²) in [6, 6.07) is -1.02. The van der Waals surface area contributed by atoms with Gasteiger partial charge in [0.15, 0.2) is 0 Å². The van der Waals surface area contributed by atoms with E-state index in [2.05, 4.69) is 5.32 Å². The normalized spacial score (nSPS) is 15.5. The van der Waals surface area contributed by atoms with Crippen LogP contribution in [0.25, 0.3) is 0 Å². The van der Waals surface area contributed by atoms with Gasteiger partial charge in [0.1, 0.15) is 0 Å². The fraction of sp³-hybridized carbons (Fsp3) is 0.833. The topological polar surface area (TPSA) is 92.4 Å². The summed E-state index contributed by atoms with van der Waals surface area (Å²) in [7, 11) is 0. The Morgan fingerprint density at radius 3 is 2.06 bits per heavy atom. The lowest BCUT2D eigenvalue weighted by atomic mass is 9.84. The fourth-order valence-corrected chi connectivity index (χ4v) is 1.32. The number of aliphatic carboxylic acids is 1. The highest BCUT2D eigenvalue weighted by atomic mass is 16.4. The van der Waals surface area contributed by atoms with Gasteiger partial charge in [-0.2, -0.15) is 0 Å². The average Bonchev–Trinajstić information content (AvgIpc) is 2.13. The van der Waals surface area contributed by atoms with Crippen LogP contribution in [-0.2, 0) is 9.59 Å². The zero-order chi connectivity index (χ0) is 13.8. The maximum atomic E-state index is 11.8. The number of amides is 1. The number of carbonyl (C=O) groups is 2. The first-order valence-corrected chi connectivity index (χ1v) is 5.83. The Morgan fingerprint density at radius 2 is 1.76 bits per heavy atom. The van der Waals surface area contributed by atoms with Crippen molar-refractivity contribution in [2.45, 2.75) is 53.1 Å². The summed E-state index contributed by atoms with van der Waals surface area (Å²) in [5.74, 6) is -1.19. The van der Waals surface area contributed by atoms with E-state index in [1.165, 1.54) is 0 Å². The van der Waals surface area contributed by atoms with Gasteiger partial charge in [0.05, 0.1) is 12.5 Å². The molecule has 0 aromatic heterocycles. The van der Waals surface area contributed by atoms with Gasteiger partial charge in [0.25, 0.3) is 0 Å². The molecule has 0 aliphatic heterocycles. The number of carboxylic acids is 1. The molecule has 0 heterocycles. The van der Waals surface area contributed by atoms with Crippen molar-refractivity contribution in [3.05, 3.63) is 0 Å². The van der Waals surface area contributed by atoms with Gasteiger partial charge in [-0.05, 0) is 11.3 Å². The Balaban J connectivity index is 4.65. The molecule has 0 spiro atoms. The molecule has 0 fully saturated rings. The summed E-state index contributed by atoms with van der Waals surface area (Å²) in [6.45, 7) is 9.38.